The average Bonchev–Trinajstić information content (AvgIpc) is 2.68. The summed E-state index contributed by atoms with van der Waals surface area (Å²) in [6.07, 6.45) is 6.30. The van der Waals surface area contributed by atoms with Gasteiger partial charge in [0.05, 0.1) is 0 Å². The lowest BCUT2D eigenvalue weighted by Crippen LogP contribution is -2.46. The topological polar surface area (TPSA) is 44.3 Å². The van der Waals surface area contributed by atoms with E-state index in [1.807, 2.05) is 18.3 Å². The van der Waals surface area contributed by atoms with Crippen LogP contribution in [0, 0.1) is 5.92 Å². The van der Waals surface area contributed by atoms with Gasteiger partial charge in [0, 0.05) is 45.5 Å². The van der Waals surface area contributed by atoms with E-state index in [0.29, 0.717) is 5.92 Å². The standard InChI is InChI=1S/C21H29N5/c1-18(2)17-23-21-22-11-10-20(24-21)26-15-13-25(14-16-26)12-6-9-19-7-4-3-5-8-19/h3-11,18H,12-17H2,1-2H3,(H,22,23,24)/b9-6+. The second-order valence-corrected chi connectivity index (χ2v) is 7.11. The molecule has 1 saturated heterocycles. The second-order valence-electron chi connectivity index (χ2n) is 7.11. The van der Waals surface area contributed by atoms with E-state index >= 15 is 0 Å². The van der Waals surface area contributed by atoms with E-state index in [0.717, 1.165) is 51.0 Å². The molecule has 0 radical (unpaired) electrons. The third kappa shape index (κ3) is 5.56. The normalized spacial score (nSPS) is 15.7. The maximum absolute atomic E-state index is 4.67. The van der Waals surface area contributed by atoms with Crippen LogP contribution in [0.25, 0.3) is 6.08 Å². The van der Waals surface area contributed by atoms with Crippen LogP contribution in [-0.4, -0.2) is 54.1 Å². The maximum Gasteiger partial charge on any atom is 0.224 e. The van der Waals surface area contributed by atoms with E-state index in [-0.39, 0.29) is 0 Å². The van der Waals surface area contributed by atoms with E-state index in [2.05, 4.69) is 75.3 Å². The first-order valence-corrected chi connectivity index (χ1v) is 9.46. The fraction of sp³-hybridized carbons (Fsp3) is 0.429. The Hall–Kier alpha value is -2.40. The predicted octanol–water partition coefficient (Wildman–Crippen LogP) is 3.38. The molecule has 2 aromatic rings. The molecule has 0 amide bonds. The number of piperazine rings is 1. The number of rotatable bonds is 7. The monoisotopic (exact) mass is 351 g/mol. The summed E-state index contributed by atoms with van der Waals surface area (Å²) >= 11 is 0. The Kier molecular flexibility index (Phi) is 6.61. The molecule has 5 heteroatoms. The Morgan fingerprint density at radius 1 is 1.08 bits per heavy atom. The summed E-state index contributed by atoms with van der Waals surface area (Å²) in [4.78, 5) is 13.8. The van der Waals surface area contributed by atoms with E-state index in [1.165, 1.54) is 5.56 Å². The fourth-order valence-corrected chi connectivity index (χ4v) is 2.97. The molecule has 0 atom stereocenters. The molecule has 1 N–H and O–H groups in total. The van der Waals surface area contributed by atoms with Crippen molar-refractivity contribution in [3.8, 4) is 0 Å². The van der Waals surface area contributed by atoms with Crippen LogP contribution < -0.4 is 10.2 Å². The first kappa shape index (κ1) is 18.4. The van der Waals surface area contributed by atoms with E-state index in [1.54, 1.807) is 0 Å². The van der Waals surface area contributed by atoms with Gasteiger partial charge in [-0.25, -0.2) is 4.98 Å². The summed E-state index contributed by atoms with van der Waals surface area (Å²) in [6, 6.07) is 12.5. The molecule has 5 nitrogen and oxygen atoms in total. The second kappa shape index (κ2) is 9.34. The molecule has 0 spiro atoms. The number of nitrogens with zero attached hydrogens (tertiary/aromatic N) is 4. The third-order valence-corrected chi connectivity index (χ3v) is 4.48. The summed E-state index contributed by atoms with van der Waals surface area (Å²) in [7, 11) is 0. The maximum atomic E-state index is 4.67. The van der Waals surface area contributed by atoms with E-state index < -0.39 is 0 Å². The van der Waals surface area contributed by atoms with Gasteiger partial charge in [-0.1, -0.05) is 56.3 Å². The van der Waals surface area contributed by atoms with E-state index in [4.69, 9.17) is 0 Å². The Morgan fingerprint density at radius 2 is 1.85 bits per heavy atom. The van der Waals surface area contributed by atoms with Gasteiger partial charge in [0.2, 0.25) is 5.95 Å². The number of anilines is 2. The van der Waals surface area contributed by atoms with Crippen LogP contribution in [0.1, 0.15) is 19.4 Å². The van der Waals surface area contributed by atoms with Crippen LogP contribution in [0.2, 0.25) is 0 Å². The highest BCUT2D eigenvalue weighted by molar-refractivity contribution is 5.49. The summed E-state index contributed by atoms with van der Waals surface area (Å²) in [6.45, 7) is 10.4. The Balaban J connectivity index is 1.47. The molecule has 2 heterocycles. The lowest BCUT2D eigenvalue weighted by Gasteiger charge is -2.34. The molecule has 1 fully saturated rings. The molecule has 3 rings (SSSR count). The predicted molar refractivity (Wildman–Crippen MR) is 109 cm³/mol. The molecule has 0 bridgehead atoms. The molecule has 1 aliphatic heterocycles. The van der Waals surface area contributed by atoms with Crippen molar-refractivity contribution in [1.82, 2.24) is 14.9 Å². The minimum atomic E-state index is 0.578. The lowest BCUT2D eigenvalue weighted by atomic mass is 10.2. The fourth-order valence-electron chi connectivity index (χ4n) is 2.97. The zero-order valence-electron chi connectivity index (χ0n) is 15.8. The van der Waals surface area contributed by atoms with Crippen LogP contribution in [0.3, 0.4) is 0 Å². The van der Waals surface area contributed by atoms with Crippen LogP contribution in [-0.2, 0) is 0 Å². The van der Waals surface area contributed by atoms with Crippen LogP contribution in [0.15, 0.2) is 48.7 Å². The number of benzene rings is 1. The molecule has 0 saturated carbocycles. The van der Waals surface area contributed by atoms with Gasteiger partial charge in [-0.2, -0.15) is 4.98 Å². The highest BCUT2D eigenvalue weighted by Crippen LogP contribution is 2.15. The lowest BCUT2D eigenvalue weighted by molar-refractivity contribution is 0.283. The van der Waals surface area contributed by atoms with Crippen LogP contribution in [0.4, 0.5) is 11.8 Å². The van der Waals surface area contributed by atoms with Gasteiger partial charge in [0.25, 0.3) is 0 Å². The smallest absolute Gasteiger partial charge is 0.224 e. The molecule has 1 aromatic carbocycles. The van der Waals surface area contributed by atoms with Gasteiger partial charge in [-0.05, 0) is 17.5 Å². The highest BCUT2D eigenvalue weighted by atomic mass is 15.3. The molecule has 0 aliphatic carbocycles. The first-order valence-electron chi connectivity index (χ1n) is 9.46. The van der Waals surface area contributed by atoms with Crippen LogP contribution >= 0.6 is 0 Å². The van der Waals surface area contributed by atoms with Crippen molar-refractivity contribution in [2.45, 2.75) is 13.8 Å². The highest BCUT2D eigenvalue weighted by Gasteiger charge is 2.17. The SMILES string of the molecule is CC(C)CNc1nccc(N2CCN(C/C=C/c3ccccc3)CC2)n1. The van der Waals surface area contributed by atoms with Crippen molar-refractivity contribution in [2.24, 2.45) is 5.92 Å². The quantitative estimate of drug-likeness (QED) is 0.828. The minimum Gasteiger partial charge on any atom is -0.354 e. The molecule has 0 unspecified atom stereocenters. The summed E-state index contributed by atoms with van der Waals surface area (Å²) in [5.41, 5.74) is 1.26. The number of hydrogen-bond donors (Lipinski definition) is 1. The van der Waals surface area contributed by atoms with Crippen molar-refractivity contribution in [2.75, 3.05) is 49.5 Å². The number of aromatic nitrogens is 2. The minimum absolute atomic E-state index is 0.578. The molecule has 138 valence electrons. The van der Waals surface area contributed by atoms with Crippen molar-refractivity contribution in [1.29, 1.82) is 0 Å². The van der Waals surface area contributed by atoms with Crippen molar-refractivity contribution >= 4 is 17.8 Å². The summed E-state index contributed by atoms with van der Waals surface area (Å²) < 4.78 is 0. The number of hydrogen-bond acceptors (Lipinski definition) is 5. The van der Waals surface area contributed by atoms with Gasteiger partial charge in [0.15, 0.2) is 0 Å². The molecule has 26 heavy (non-hydrogen) atoms. The Bertz CT molecular complexity index is 691. The van der Waals surface area contributed by atoms with Gasteiger partial charge in [-0.15, -0.1) is 0 Å². The largest absolute Gasteiger partial charge is 0.354 e. The first-order chi connectivity index (χ1) is 12.7. The summed E-state index contributed by atoms with van der Waals surface area (Å²) in [5, 5.41) is 3.31. The third-order valence-electron chi connectivity index (χ3n) is 4.48. The Labute approximate surface area is 156 Å². The van der Waals surface area contributed by atoms with E-state index in [9.17, 15) is 0 Å². The van der Waals surface area contributed by atoms with Crippen molar-refractivity contribution in [3.63, 3.8) is 0 Å². The number of nitrogens with one attached hydrogen (secondary N) is 1. The van der Waals surface area contributed by atoms with Crippen LogP contribution in [0.5, 0.6) is 0 Å². The van der Waals surface area contributed by atoms with Gasteiger partial charge in [0.1, 0.15) is 5.82 Å². The molecular weight excluding hydrogens is 322 g/mol. The van der Waals surface area contributed by atoms with Crippen molar-refractivity contribution < 1.29 is 0 Å². The zero-order chi connectivity index (χ0) is 18.2. The van der Waals surface area contributed by atoms with Gasteiger partial charge in [-0.3, -0.25) is 4.90 Å². The summed E-state index contributed by atoms with van der Waals surface area (Å²) in [5.74, 6) is 2.32. The average molecular weight is 351 g/mol. The van der Waals surface area contributed by atoms with Gasteiger partial charge >= 0.3 is 0 Å². The van der Waals surface area contributed by atoms with Gasteiger partial charge < -0.3 is 10.2 Å². The molecule has 1 aliphatic rings. The Morgan fingerprint density at radius 3 is 2.58 bits per heavy atom. The molecule has 1 aromatic heterocycles. The zero-order valence-corrected chi connectivity index (χ0v) is 15.8. The van der Waals surface area contributed by atoms with Crippen molar-refractivity contribution in [3.05, 3.63) is 54.2 Å². The molecular formula is C21H29N5.